The van der Waals surface area contributed by atoms with Crippen molar-refractivity contribution in [1.29, 1.82) is 0 Å². The molecular weight excluding hydrogens is 340 g/mol. The van der Waals surface area contributed by atoms with Gasteiger partial charge in [-0.3, -0.25) is 4.90 Å². The maximum absolute atomic E-state index is 6.67. The molecule has 3 atom stereocenters. The molecule has 27 heavy (non-hydrogen) atoms. The Labute approximate surface area is 161 Å². The summed E-state index contributed by atoms with van der Waals surface area (Å²) < 4.78 is 16.4. The lowest BCUT2D eigenvalue weighted by Gasteiger charge is -2.46. The third-order valence-electron chi connectivity index (χ3n) is 6.08. The predicted octanol–water partition coefficient (Wildman–Crippen LogP) is 3.13. The molecule has 0 aromatic heterocycles. The average molecular weight is 368 g/mol. The maximum atomic E-state index is 6.67. The Balaban J connectivity index is 1.63. The fourth-order valence-electron chi connectivity index (χ4n) is 4.61. The second-order valence-corrected chi connectivity index (χ2v) is 7.45. The molecule has 2 aliphatic rings. The van der Waals surface area contributed by atoms with Crippen LogP contribution in [0.2, 0.25) is 0 Å². The Morgan fingerprint density at radius 3 is 2.52 bits per heavy atom. The molecule has 4 rings (SSSR count). The smallest absolute Gasteiger partial charge is 0.161 e. The summed E-state index contributed by atoms with van der Waals surface area (Å²) in [4.78, 5) is 2.57. The summed E-state index contributed by atoms with van der Waals surface area (Å²) in [5, 5.41) is 0. The predicted molar refractivity (Wildman–Crippen MR) is 106 cm³/mol. The number of nitrogens with two attached hydrogens (primary N) is 1. The lowest BCUT2D eigenvalue weighted by molar-refractivity contribution is 0.109. The van der Waals surface area contributed by atoms with Crippen LogP contribution in [0.15, 0.2) is 36.4 Å². The van der Waals surface area contributed by atoms with Gasteiger partial charge >= 0.3 is 0 Å². The first-order valence-corrected chi connectivity index (χ1v) is 9.53. The number of ether oxygens (including phenoxy) is 3. The topological polar surface area (TPSA) is 57.0 Å². The van der Waals surface area contributed by atoms with Crippen molar-refractivity contribution in [3.05, 3.63) is 53.1 Å². The van der Waals surface area contributed by atoms with Gasteiger partial charge < -0.3 is 19.9 Å². The lowest BCUT2D eigenvalue weighted by Crippen LogP contribution is -2.49. The molecule has 0 saturated carbocycles. The monoisotopic (exact) mass is 368 g/mol. The van der Waals surface area contributed by atoms with Gasteiger partial charge in [0.25, 0.3) is 0 Å². The summed E-state index contributed by atoms with van der Waals surface area (Å²) in [6.07, 6.45) is 1.95. The van der Waals surface area contributed by atoms with E-state index in [-0.39, 0.29) is 6.04 Å². The molecule has 2 aliphatic heterocycles. The Bertz CT molecular complexity index is 823. The molecule has 2 aromatic rings. The second kappa shape index (κ2) is 7.41. The molecule has 0 aliphatic carbocycles. The Kier molecular flexibility index (Phi) is 4.98. The highest BCUT2D eigenvalue weighted by Gasteiger charge is 2.38. The average Bonchev–Trinajstić information content (AvgIpc) is 2.72. The zero-order valence-electron chi connectivity index (χ0n) is 16.3. The molecule has 2 aromatic carbocycles. The summed E-state index contributed by atoms with van der Waals surface area (Å²) in [7, 11) is 5.09. The summed E-state index contributed by atoms with van der Waals surface area (Å²) >= 11 is 0. The first kappa shape index (κ1) is 18.1. The zero-order valence-corrected chi connectivity index (χ0v) is 16.3. The minimum absolute atomic E-state index is 0.109. The van der Waals surface area contributed by atoms with Crippen LogP contribution >= 0.6 is 0 Å². The number of hydrogen-bond acceptors (Lipinski definition) is 5. The SMILES string of the molecule is COc1cccc([C@H]2CN3CCc4cc(OC)c(OC)cc4[C@@H]3C[C@@H]2N)c1. The summed E-state index contributed by atoms with van der Waals surface area (Å²) in [5.41, 5.74) is 10.6. The van der Waals surface area contributed by atoms with Crippen molar-refractivity contribution >= 4 is 0 Å². The van der Waals surface area contributed by atoms with E-state index in [2.05, 4.69) is 35.2 Å². The standard InChI is InChI=1S/C22H28N2O3/c1-25-16-6-4-5-14(9-16)18-13-24-8-7-15-10-21(26-2)22(27-3)11-17(15)20(24)12-19(18)23/h4-6,9-11,18-20H,7-8,12-13,23H2,1-3H3/t18-,19+,20+/m1/s1. The van der Waals surface area contributed by atoms with E-state index in [9.17, 15) is 0 Å². The Morgan fingerprint density at radius 1 is 1.00 bits per heavy atom. The van der Waals surface area contributed by atoms with Crippen LogP contribution in [-0.4, -0.2) is 45.4 Å². The third kappa shape index (κ3) is 3.26. The molecule has 0 unspecified atom stereocenters. The van der Waals surface area contributed by atoms with Crippen molar-refractivity contribution in [3.8, 4) is 17.2 Å². The Morgan fingerprint density at radius 2 is 1.78 bits per heavy atom. The highest BCUT2D eigenvalue weighted by atomic mass is 16.5. The van der Waals surface area contributed by atoms with Gasteiger partial charge in [0.15, 0.2) is 11.5 Å². The van der Waals surface area contributed by atoms with E-state index in [0.717, 1.165) is 43.2 Å². The van der Waals surface area contributed by atoms with Crippen molar-refractivity contribution in [2.45, 2.75) is 30.8 Å². The van der Waals surface area contributed by atoms with Crippen LogP contribution in [0.5, 0.6) is 17.2 Å². The molecular formula is C22H28N2O3. The fourth-order valence-corrected chi connectivity index (χ4v) is 4.61. The van der Waals surface area contributed by atoms with Crippen LogP contribution in [0.4, 0.5) is 0 Å². The van der Waals surface area contributed by atoms with Gasteiger partial charge in [-0.25, -0.2) is 0 Å². The van der Waals surface area contributed by atoms with Gasteiger partial charge in [0.05, 0.1) is 21.3 Å². The van der Waals surface area contributed by atoms with E-state index in [1.807, 2.05) is 6.07 Å². The van der Waals surface area contributed by atoms with Gasteiger partial charge in [-0.1, -0.05) is 12.1 Å². The second-order valence-electron chi connectivity index (χ2n) is 7.45. The van der Waals surface area contributed by atoms with Crippen molar-refractivity contribution in [1.82, 2.24) is 4.90 Å². The first-order chi connectivity index (χ1) is 13.1. The largest absolute Gasteiger partial charge is 0.497 e. The molecule has 1 fully saturated rings. The van der Waals surface area contributed by atoms with E-state index in [0.29, 0.717) is 12.0 Å². The van der Waals surface area contributed by atoms with E-state index in [4.69, 9.17) is 19.9 Å². The van der Waals surface area contributed by atoms with Gasteiger partial charge in [-0.2, -0.15) is 0 Å². The number of methoxy groups -OCH3 is 3. The molecule has 1 saturated heterocycles. The van der Waals surface area contributed by atoms with Gasteiger partial charge in [-0.05, 0) is 53.8 Å². The molecule has 2 heterocycles. The summed E-state index contributed by atoms with van der Waals surface area (Å²) in [6, 6.07) is 13.0. The lowest BCUT2D eigenvalue weighted by atomic mass is 9.78. The molecule has 0 bridgehead atoms. The number of hydrogen-bond donors (Lipinski definition) is 1. The van der Waals surface area contributed by atoms with E-state index < -0.39 is 0 Å². The molecule has 144 valence electrons. The number of piperidine rings is 1. The van der Waals surface area contributed by atoms with Crippen LogP contribution in [0.25, 0.3) is 0 Å². The maximum Gasteiger partial charge on any atom is 0.161 e. The number of rotatable bonds is 4. The molecule has 2 N–H and O–H groups in total. The first-order valence-electron chi connectivity index (χ1n) is 9.53. The summed E-state index contributed by atoms with van der Waals surface area (Å²) in [5.74, 6) is 2.81. The van der Waals surface area contributed by atoms with Gasteiger partial charge in [0.1, 0.15) is 5.75 Å². The summed E-state index contributed by atoms with van der Waals surface area (Å²) in [6.45, 7) is 2.01. The van der Waals surface area contributed by atoms with Gasteiger partial charge in [0, 0.05) is 31.1 Å². The molecule has 0 amide bonds. The van der Waals surface area contributed by atoms with Crippen molar-refractivity contribution in [2.75, 3.05) is 34.4 Å². The minimum Gasteiger partial charge on any atom is -0.497 e. The van der Waals surface area contributed by atoms with E-state index in [1.165, 1.54) is 16.7 Å². The molecule has 0 radical (unpaired) electrons. The third-order valence-corrected chi connectivity index (χ3v) is 6.08. The highest BCUT2D eigenvalue weighted by molar-refractivity contribution is 5.50. The number of fused-ring (bicyclic) bond motifs is 3. The van der Waals surface area contributed by atoms with E-state index in [1.54, 1.807) is 21.3 Å². The van der Waals surface area contributed by atoms with Crippen LogP contribution < -0.4 is 19.9 Å². The fraction of sp³-hybridized carbons (Fsp3) is 0.455. The van der Waals surface area contributed by atoms with Crippen LogP contribution in [0.1, 0.15) is 35.1 Å². The molecule has 5 heteroatoms. The van der Waals surface area contributed by atoms with Crippen molar-refractivity contribution in [2.24, 2.45) is 5.73 Å². The number of benzene rings is 2. The normalized spacial score (nSPS) is 24.7. The van der Waals surface area contributed by atoms with Crippen molar-refractivity contribution in [3.63, 3.8) is 0 Å². The zero-order chi connectivity index (χ0) is 19.0. The van der Waals surface area contributed by atoms with Gasteiger partial charge in [-0.15, -0.1) is 0 Å². The number of nitrogens with zero attached hydrogens (tertiary/aromatic N) is 1. The minimum atomic E-state index is 0.109. The van der Waals surface area contributed by atoms with Gasteiger partial charge in [0.2, 0.25) is 0 Å². The van der Waals surface area contributed by atoms with E-state index >= 15 is 0 Å². The molecule has 5 nitrogen and oxygen atoms in total. The van der Waals surface area contributed by atoms with Crippen LogP contribution in [0, 0.1) is 0 Å². The van der Waals surface area contributed by atoms with Crippen LogP contribution in [-0.2, 0) is 6.42 Å². The molecule has 0 spiro atoms. The highest BCUT2D eigenvalue weighted by Crippen LogP contribution is 2.44. The Hall–Kier alpha value is -2.24. The quantitative estimate of drug-likeness (QED) is 0.899. The van der Waals surface area contributed by atoms with Crippen LogP contribution in [0.3, 0.4) is 0 Å². The van der Waals surface area contributed by atoms with Crippen molar-refractivity contribution < 1.29 is 14.2 Å².